The molecule has 1 aromatic heterocycles. The molecular formula is C19H27N5O. The van der Waals surface area contributed by atoms with E-state index >= 15 is 0 Å². The van der Waals surface area contributed by atoms with Crippen LogP contribution in [-0.4, -0.2) is 34.7 Å². The Balaban J connectivity index is 1.45. The van der Waals surface area contributed by atoms with Gasteiger partial charge in [0, 0.05) is 43.8 Å². The molecule has 6 nitrogen and oxygen atoms in total. The zero-order valence-electron chi connectivity index (χ0n) is 15.0. The Kier molecular flexibility index (Phi) is 5.58. The minimum Gasteiger partial charge on any atom is -0.369 e. The second-order valence-electron chi connectivity index (χ2n) is 6.98. The largest absolute Gasteiger partial charge is 0.369 e. The van der Waals surface area contributed by atoms with Crippen LogP contribution in [0.1, 0.15) is 26.1 Å². The summed E-state index contributed by atoms with van der Waals surface area (Å²) in [6.07, 6.45) is 4.71. The Labute approximate surface area is 149 Å². The van der Waals surface area contributed by atoms with Gasteiger partial charge in [-0.25, -0.2) is 9.78 Å². The fourth-order valence-electron chi connectivity index (χ4n) is 3.21. The molecule has 1 saturated heterocycles. The van der Waals surface area contributed by atoms with Crippen LogP contribution in [0.15, 0.2) is 42.7 Å². The molecule has 0 spiro atoms. The first kappa shape index (κ1) is 17.3. The number of amides is 2. The predicted octanol–water partition coefficient (Wildman–Crippen LogP) is 2.62. The van der Waals surface area contributed by atoms with Crippen molar-refractivity contribution >= 4 is 11.7 Å². The highest BCUT2D eigenvalue weighted by Crippen LogP contribution is 2.19. The van der Waals surface area contributed by atoms with Crippen molar-refractivity contribution in [2.24, 2.45) is 5.92 Å². The van der Waals surface area contributed by atoms with Gasteiger partial charge in [0.25, 0.3) is 0 Å². The average molecular weight is 341 g/mol. The lowest BCUT2D eigenvalue weighted by atomic mass is 10.2. The van der Waals surface area contributed by atoms with Crippen LogP contribution < -0.4 is 15.5 Å². The number of hydrogen-bond donors (Lipinski definition) is 2. The summed E-state index contributed by atoms with van der Waals surface area (Å²) >= 11 is 0. The number of carbonyl (C=O) groups is 1. The van der Waals surface area contributed by atoms with Crippen molar-refractivity contribution in [2.75, 3.05) is 18.0 Å². The van der Waals surface area contributed by atoms with Crippen molar-refractivity contribution in [1.29, 1.82) is 0 Å². The van der Waals surface area contributed by atoms with Crippen molar-refractivity contribution in [3.05, 3.63) is 48.5 Å². The van der Waals surface area contributed by atoms with E-state index in [0.29, 0.717) is 12.5 Å². The van der Waals surface area contributed by atoms with Gasteiger partial charge in [-0.15, -0.1) is 0 Å². The predicted molar refractivity (Wildman–Crippen MR) is 99.5 cm³/mol. The minimum atomic E-state index is -0.126. The highest BCUT2D eigenvalue weighted by molar-refractivity contribution is 5.74. The maximum absolute atomic E-state index is 12.2. The number of nitrogens with zero attached hydrogens (tertiary/aromatic N) is 3. The van der Waals surface area contributed by atoms with Gasteiger partial charge in [0.05, 0.1) is 6.54 Å². The highest BCUT2D eigenvalue weighted by Gasteiger charge is 2.23. The van der Waals surface area contributed by atoms with Crippen LogP contribution in [0.5, 0.6) is 0 Å². The molecule has 1 atom stereocenters. The van der Waals surface area contributed by atoms with Crippen molar-refractivity contribution in [3.8, 4) is 0 Å². The number of urea groups is 1. The molecule has 1 unspecified atom stereocenters. The Bertz CT molecular complexity index is 682. The van der Waals surface area contributed by atoms with Crippen LogP contribution in [-0.2, 0) is 13.1 Å². The third-order valence-corrected chi connectivity index (χ3v) is 4.42. The summed E-state index contributed by atoms with van der Waals surface area (Å²) in [7, 11) is 0. The summed E-state index contributed by atoms with van der Waals surface area (Å²) < 4.78 is 2.09. The van der Waals surface area contributed by atoms with E-state index in [0.717, 1.165) is 31.9 Å². The second-order valence-corrected chi connectivity index (χ2v) is 6.98. The SMILES string of the molecule is CC(C)Cn1ccnc1CNC(=O)NC1CCN(c2ccccc2)C1. The van der Waals surface area contributed by atoms with E-state index in [4.69, 9.17) is 0 Å². The molecule has 1 aliphatic heterocycles. The number of rotatable bonds is 6. The Morgan fingerprint density at radius 3 is 2.88 bits per heavy atom. The Morgan fingerprint density at radius 1 is 1.32 bits per heavy atom. The number of anilines is 1. The molecule has 0 saturated carbocycles. The molecule has 2 N–H and O–H groups in total. The molecule has 3 rings (SSSR count). The minimum absolute atomic E-state index is 0.126. The van der Waals surface area contributed by atoms with Gasteiger partial charge in [0.1, 0.15) is 5.82 Å². The van der Waals surface area contributed by atoms with Gasteiger partial charge in [0.2, 0.25) is 0 Å². The van der Waals surface area contributed by atoms with Gasteiger partial charge in [-0.05, 0) is 24.5 Å². The van der Waals surface area contributed by atoms with E-state index in [2.05, 4.69) is 51.1 Å². The molecule has 0 radical (unpaired) electrons. The van der Waals surface area contributed by atoms with Crippen LogP contribution in [0.4, 0.5) is 10.5 Å². The number of imidazole rings is 1. The molecule has 1 aliphatic rings. The van der Waals surface area contributed by atoms with E-state index in [1.807, 2.05) is 24.4 Å². The molecular weight excluding hydrogens is 314 g/mol. The number of benzene rings is 1. The summed E-state index contributed by atoms with van der Waals surface area (Å²) in [6.45, 7) is 7.51. The Morgan fingerprint density at radius 2 is 2.12 bits per heavy atom. The van der Waals surface area contributed by atoms with Gasteiger partial charge in [-0.2, -0.15) is 0 Å². The first-order valence-electron chi connectivity index (χ1n) is 8.96. The normalized spacial score (nSPS) is 17.1. The fraction of sp³-hybridized carbons (Fsp3) is 0.474. The van der Waals surface area contributed by atoms with Gasteiger partial charge in [0.15, 0.2) is 0 Å². The van der Waals surface area contributed by atoms with Gasteiger partial charge < -0.3 is 20.1 Å². The quantitative estimate of drug-likeness (QED) is 0.849. The summed E-state index contributed by atoms with van der Waals surface area (Å²) in [5, 5.41) is 6.00. The molecule has 6 heteroatoms. The third-order valence-electron chi connectivity index (χ3n) is 4.42. The first-order valence-corrected chi connectivity index (χ1v) is 8.96. The standard InChI is InChI=1S/C19H27N5O/c1-15(2)13-24-11-9-20-18(24)12-21-19(25)22-16-8-10-23(14-16)17-6-4-3-5-7-17/h3-7,9,11,15-16H,8,10,12-14H2,1-2H3,(H2,21,22,25). The second kappa shape index (κ2) is 8.05. The monoisotopic (exact) mass is 341 g/mol. The number of carbonyl (C=O) groups excluding carboxylic acids is 1. The summed E-state index contributed by atoms with van der Waals surface area (Å²) in [4.78, 5) is 18.8. The smallest absolute Gasteiger partial charge is 0.315 e. The first-order chi connectivity index (χ1) is 12.1. The molecule has 134 valence electrons. The van der Waals surface area contributed by atoms with Crippen LogP contribution in [0.2, 0.25) is 0 Å². The van der Waals surface area contributed by atoms with Gasteiger partial charge >= 0.3 is 6.03 Å². The fourth-order valence-corrected chi connectivity index (χ4v) is 3.21. The zero-order valence-corrected chi connectivity index (χ0v) is 15.0. The van der Waals surface area contributed by atoms with Crippen LogP contribution in [0.25, 0.3) is 0 Å². The van der Waals surface area contributed by atoms with Crippen LogP contribution >= 0.6 is 0 Å². The lowest BCUT2D eigenvalue weighted by Gasteiger charge is -2.19. The molecule has 1 fully saturated rings. The summed E-state index contributed by atoms with van der Waals surface area (Å²) in [5.41, 5.74) is 1.21. The van der Waals surface area contributed by atoms with Gasteiger partial charge in [-0.1, -0.05) is 32.0 Å². The van der Waals surface area contributed by atoms with E-state index in [1.165, 1.54) is 5.69 Å². The number of hydrogen-bond acceptors (Lipinski definition) is 3. The topological polar surface area (TPSA) is 62.2 Å². The maximum Gasteiger partial charge on any atom is 0.315 e. The van der Waals surface area contributed by atoms with Crippen LogP contribution in [0.3, 0.4) is 0 Å². The van der Waals surface area contributed by atoms with Crippen molar-refractivity contribution in [2.45, 2.75) is 39.4 Å². The van der Waals surface area contributed by atoms with Gasteiger partial charge in [-0.3, -0.25) is 0 Å². The molecule has 25 heavy (non-hydrogen) atoms. The summed E-state index contributed by atoms with van der Waals surface area (Å²) in [6, 6.07) is 10.4. The van der Waals surface area contributed by atoms with E-state index < -0.39 is 0 Å². The maximum atomic E-state index is 12.2. The Hall–Kier alpha value is -2.50. The molecule has 2 aromatic rings. The van der Waals surface area contributed by atoms with E-state index in [-0.39, 0.29) is 12.1 Å². The summed E-state index contributed by atoms with van der Waals surface area (Å²) in [5.74, 6) is 1.44. The number of para-hydroxylation sites is 1. The lowest BCUT2D eigenvalue weighted by Crippen LogP contribution is -2.43. The van der Waals surface area contributed by atoms with Crippen molar-refractivity contribution in [1.82, 2.24) is 20.2 Å². The lowest BCUT2D eigenvalue weighted by molar-refractivity contribution is 0.237. The molecule has 2 heterocycles. The molecule has 0 bridgehead atoms. The van der Waals surface area contributed by atoms with Crippen LogP contribution in [0, 0.1) is 5.92 Å². The molecule has 2 amide bonds. The van der Waals surface area contributed by atoms with Crippen molar-refractivity contribution in [3.63, 3.8) is 0 Å². The van der Waals surface area contributed by atoms with E-state index in [9.17, 15) is 4.79 Å². The molecule has 1 aromatic carbocycles. The zero-order chi connectivity index (χ0) is 17.6. The molecule has 0 aliphatic carbocycles. The number of nitrogens with one attached hydrogen (secondary N) is 2. The average Bonchev–Trinajstić information content (AvgIpc) is 3.23. The van der Waals surface area contributed by atoms with Crippen molar-refractivity contribution < 1.29 is 4.79 Å². The highest BCUT2D eigenvalue weighted by atomic mass is 16.2. The number of aromatic nitrogens is 2. The van der Waals surface area contributed by atoms with E-state index in [1.54, 1.807) is 6.20 Å². The third kappa shape index (κ3) is 4.75.